The number of ether oxygens (including phenoxy) is 1. The second-order valence-corrected chi connectivity index (χ2v) is 5.60. The number of nitrogens with zero attached hydrogens (tertiary/aromatic N) is 1. The van der Waals surface area contributed by atoms with Crippen molar-refractivity contribution in [2.24, 2.45) is 0 Å². The number of carbonyl (C=O) groups is 2. The molecule has 20 heavy (non-hydrogen) atoms. The fourth-order valence-electron chi connectivity index (χ4n) is 2.15. The molecule has 0 bridgehead atoms. The van der Waals surface area contributed by atoms with Crippen molar-refractivity contribution in [3.05, 3.63) is 24.3 Å². The van der Waals surface area contributed by atoms with Gasteiger partial charge < -0.3 is 10.1 Å². The third-order valence-electron chi connectivity index (χ3n) is 3.24. The van der Waals surface area contributed by atoms with Crippen molar-refractivity contribution in [1.29, 1.82) is 0 Å². The van der Waals surface area contributed by atoms with Crippen LogP contribution in [0.1, 0.15) is 0 Å². The average Bonchev–Trinajstić information content (AvgIpc) is 3.11. The van der Waals surface area contributed by atoms with Crippen LogP contribution in [-0.2, 0) is 9.53 Å². The fourth-order valence-corrected chi connectivity index (χ4v) is 3.09. The number of cyclic esters (lactones) is 1. The van der Waals surface area contributed by atoms with Crippen molar-refractivity contribution in [2.75, 3.05) is 35.0 Å². The summed E-state index contributed by atoms with van der Waals surface area (Å²) in [5.74, 6) is 1.58. The number of anilines is 2. The van der Waals surface area contributed by atoms with E-state index in [0.717, 1.165) is 23.0 Å². The molecule has 1 unspecified atom stereocenters. The zero-order valence-corrected chi connectivity index (χ0v) is 11.6. The summed E-state index contributed by atoms with van der Waals surface area (Å²) in [5, 5.41) is 5.98. The van der Waals surface area contributed by atoms with Crippen molar-refractivity contribution >= 4 is 35.1 Å². The Hall–Kier alpha value is -1.73. The van der Waals surface area contributed by atoms with Crippen LogP contribution in [-0.4, -0.2) is 42.8 Å². The predicted molar refractivity (Wildman–Crippen MR) is 78.0 cm³/mol. The van der Waals surface area contributed by atoms with Gasteiger partial charge in [0.05, 0.1) is 12.6 Å². The molecule has 2 saturated heterocycles. The molecule has 3 rings (SSSR count). The molecule has 0 aliphatic carbocycles. The van der Waals surface area contributed by atoms with Crippen LogP contribution in [0.5, 0.6) is 0 Å². The van der Waals surface area contributed by atoms with Gasteiger partial charge in [-0.1, -0.05) is 0 Å². The Balaban J connectivity index is 1.63. The summed E-state index contributed by atoms with van der Waals surface area (Å²) in [6.45, 7) is 0.982. The standard InChI is InChI=1S/C13H15N3O3S/c17-12(11-7-20-8-14-11)15-9-1-3-10(4-2-9)16-5-6-19-13(16)18/h1-4,11,14H,5-8H2,(H,15,17). The number of amides is 2. The van der Waals surface area contributed by atoms with Crippen molar-refractivity contribution in [2.45, 2.75) is 6.04 Å². The Bertz CT molecular complexity index is 514. The lowest BCUT2D eigenvalue weighted by atomic mass is 10.2. The zero-order valence-electron chi connectivity index (χ0n) is 10.8. The molecule has 0 saturated carbocycles. The molecule has 2 fully saturated rings. The van der Waals surface area contributed by atoms with Crippen LogP contribution in [0, 0.1) is 0 Å². The van der Waals surface area contributed by atoms with E-state index in [1.807, 2.05) is 0 Å². The number of carbonyl (C=O) groups excluding carboxylic acids is 2. The molecule has 7 heteroatoms. The van der Waals surface area contributed by atoms with E-state index < -0.39 is 0 Å². The van der Waals surface area contributed by atoms with Gasteiger partial charge in [-0.3, -0.25) is 15.0 Å². The average molecular weight is 293 g/mol. The summed E-state index contributed by atoms with van der Waals surface area (Å²) >= 11 is 1.71. The van der Waals surface area contributed by atoms with Crippen LogP contribution in [0.15, 0.2) is 24.3 Å². The first-order chi connectivity index (χ1) is 9.74. The van der Waals surface area contributed by atoms with Gasteiger partial charge in [0.1, 0.15) is 6.61 Å². The highest BCUT2D eigenvalue weighted by Crippen LogP contribution is 2.21. The van der Waals surface area contributed by atoms with E-state index in [4.69, 9.17) is 4.74 Å². The van der Waals surface area contributed by atoms with Gasteiger partial charge in [-0.15, -0.1) is 11.8 Å². The second kappa shape index (κ2) is 5.72. The Kier molecular flexibility index (Phi) is 3.79. The highest BCUT2D eigenvalue weighted by molar-refractivity contribution is 7.99. The lowest BCUT2D eigenvalue weighted by Crippen LogP contribution is -2.37. The van der Waals surface area contributed by atoms with Crippen LogP contribution in [0.4, 0.5) is 16.2 Å². The molecule has 2 aliphatic heterocycles. The van der Waals surface area contributed by atoms with Gasteiger partial charge in [0.2, 0.25) is 5.91 Å². The van der Waals surface area contributed by atoms with Gasteiger partial charge in [0.15, 0.2) is 0 Å². The van der Waals surface area contributed by atoms with Gasteiger partial charge in [0, 0.05) is 23.0 Å². The summed E-state index contributed by atoms with van der Waals surface area (Å²) in [7, 11) is 0. The van der Waals surface area contributed by atoms with Gasteiger partial charge in [-0.25, -0.2) is 4.79 Å². The topological polar surface area (TPSA) is 70.7 Å². The maximum absolute atomic E-state index is 11.9. The third-order valence-corrected chi connectivity index (χ3v) is 4.18. The first kappa shape index (κ1) is 13.3. The van der Waals surface area contributed by atoms with Gasteiger partial charge in [-0.05, 0) is 24.3 Å². The fraction of sp³-hybridized carbons (Fsp3) is 0.385. The van der Waals surface area contributed by atoms with Crippen molar-refractivity contribution < 1.29 is 14.3 Å². The minimum absolute atomic E-state index is 0.0247. The lowest BCUT2D eigenvalue weighted by Gasteiger charge is -2.14. The number of hydrogen-bond donors (Lipinski definition) is 2. The highest BCUT2D eigenvalue weighted by atomic mass is 32.2. The first-order valence-corrected chi connectivity index (χ1v) is 7.56. The van der Waals surface area contributed by atoms with E-state index in [1.165, 1.54) is 0 Å². The number of hydrogen-bond acceptors (Lipinski definition) is 5. The molecule has 2 aliphatic rings. The number of rotatable bonds is 3. The third kappa shape index (κ3) is 2.73. The Morgan fingerprint density at radius 3 is 2.80 bits per heavy atom. The molecule has 2 N–H and O–H groups in total. The highest BCUT2D eigenvalue weighted by Gasteiger charge is 2.24. The largest absolute Gasteiger partial charge is 0.447 e. The minimum atomic E-state index is -0.325. The van der Waals surface area contributed by atoms with E-state index in [9.17, 15) is 9.59 Å². The molecule has 1 aromatic carbocycles. The SMILES string of the molecule is O=C(Nc1ccc(N2CCOC2=O)cc1)C1CSCN1. The first-order valence-electron chi connectivity index (χ1n) is 6.40. The Morgan fingerprint density at radius 1 is 1.40 bits per heavy atom. The van der Waals surface area contributed by atoms with Crippen LogP contribution in [0.3, 0.4) is 0 Å². The Morgan fingerprint density at radius 2 is 2.20 bits per heavy atom. The molecule has 6 nitrogen and oxygen atoms in total. The molecule has 2 amide bonds. The van der Waals surface area contributed by atoms with Gasteiger partial charge >= 0.3 is 6.09 Å². The summed E-state index contributed by atoms with van der Waals surface area (Å²) in [4.78, 5) is 24.9. The van der Waals surface area contributed by atoms with E-state index in [2.05, 4.69) is 10.6 Å². The van der Waals surface area contributed by atoms with E-state index in [0.29, 0.717) is 13.2 Å². The van der Waals surface area contributed by atoms with Crippen molar-refractivity contribution in [3.8, 4) is 0 Å². The van der Waals surface area contributed by atoms with Gasteiger partial charge in [-0.2, -0.15) is 0 Å². The minimum Gasteiger partial charge on any atom is -0.447 e. The monoisotopic (exact) mass is 293 g/mol. The number of thioether (sulfide) groups is 1. The van der Waals surface area contributed by atoms with Crippen molar-refractivity contribution in [1.82, 2.24) is 5.32 Å². The lowest BCUT2D eigenvalue weighted by molar-refractivity contribution is -0.117. The molecule has 2 heterocycles. The quantitative estimate of drug-likeness (QED) is 0.877. The zero-order chi connectivity index (χ0) is 13.9. The molecule has 1 aromatic rings. The molecule has 0 spiro atoms. The summed E-state index contributed by atoms with van der Waals surface area (Å²) in [6.07, 6.45) is -0.325. The van der Waals surface area contributed by atoms with Crippen molar-refractivity contribution in [3.63, 3.8) is 0 Å². The predicted octanol–water partition coefficient (Wildman–Crippen LogP) is 1.24. The normalized spacial score (nSPS) is 21.9. The van der Waals surface area contributed by atoms with Crippen LogP contribution < -0.4 is 15.5 Å². The number of nitrogens with one attached hydrogen (secondary N) is 2. The van der Waals surface area contributed by atoms with E-state index in [1.54, 1.807) is 40.9 Å². The number of benzene rings is 1. The molecule has 106 valence electrons. The van der Waals surface area contributed by atoms with E-state index in [-0.39, 0.29) is 18.0 Å². The second-order valence-electron chi connectivity index (χ2n) is 4.57. The van der Waals surface area contributed by atoms with Crippen LogP contribution >= 0.6 is 11.8 Å². The maximum Gasteiger partial charge on any atom is 0.414 e. The molecule has 0 aromatic heterocycles. The Labute approximate surface area is 120 Å². The summed E-state index contributed by atoms with van der Waals surface area (Å²) < 4.78 is 4.89. The summed E-state index contributed by atoms with van der Waals surface area (Å²) in [5.41, 5.74) is 1.50. The molecule has 0 radical (unpaired) electrons. The van der Waals surface area contributed by atoms with Crippen LogP contribution in [0.2, 0.25) is 0 Å². The molecular formula is C13H15N3O3S. The van der Waals surface area contributed by atoms with Gasteiger partial charge in [0.25, 0.3) is 0 Å². The summed E-state index contributed by atoms with van der Waals surface area (Å²) in [6, 6.07) is 7.06. The molecular weight excluding hydrogens is 278 g/mol. The van der Waals surface area contributed by atoms with E-state index >= 15 is 0 Å². The van der Waals surface area contributed by atoms with Crippen LogP contribution in [0.25, 0.3) is 0 Å². The smallest absolute Gasteiger partial charge is 0.414 e. The maximum atomic E-state index is 11.9. The molecule has 1 atom stereocenters.